The number of ether oxygens (including phenoxy) is 2. The van der Waals surface area contributed by atoms with Crippen molar-refractivity contribution in [1.29, 1.82) is 0 Å². The molecule has 1 fully saturated rings. The van der Waals surface area contributed by atoms with Crippen LogP contribution in [0.3, 0.4) is 0 Å². The molecule has 1 aliphatic rings. The lowest BCUT2D eigenvalue weighted by Crippen LogP contribution is -2.48. The van der Waals surface area contributed by atoms with Crippen molar-refractivity contribution in [2.45, 2.75) is 39.8 Å². The Morgan fingerprint density at radius 2 is 1.57 bits per heavy atom. The first-order chi connectivity index (χ1) is 17.0. The van der Waals surface area contributed by atoms with Gasteiger partial charge in [-0.25, -0.2) is 0 Å². The molecule has 35 heavy (non-hydrogen) atoms. The molecular weight excluding hydrogens is 436 g/mol. The number of hydrogen-bond acceptors (Lipinski definition) is 4. The van der Waals surface area contributed by atoms with Crippen LogP contribution in [-0.2, 0) is 13.2 Å². The van der Waals surface area contributed by atoms with Crippen molar-refractivity contribution in [3.63, 3.8) is 0 Å². The van der Waals surface area contributed by atoms with Crippen LogP contribution in [0.4, 0.5) is 0 Å². The first-order valence-corrected chi connectivity index (χ1v) is 12.6. The Kier molecular flexibility index (Phi) is 8.43. The predicted octanol–water partition coefficient (Wildman–Crippen LogP) is 5.75. The fourth-order valence-electron chi connectivity index (χ4n) is 4.50. The maximum Gasteiger partial charge on any atom is 0.253 e. The highest BCUT2D eigenvalue weighted by Gasteiger charge is 2.23. The number of hydrogen-bond donors (Lipinski definition) is 0. The summed E-state index contributed by atoms with van der Waals surface area (Å²) in [6, 6.07) is 24.3. The van der Waals surface area contributed by atoms with Gasteiger partial charge in [0, 0.05) is 43.9 Å². The van der Waals surface area contributed by atoms with E-state index in [9.17, 15) is 4.79 Å². The Bertz CT molecular complexity index is 1110. The SMILES string of the molecule is CCOc1ccc(C(=O)N2CCN(Cc3ccccc3)CC2)cc1COc1ccccc1C(C)C. The fourth-order valence-corrected chi connectivity index (χ4v) is 4.50. The standard InChI is InChI=1S/C30H36N2O3/c1-4-34-28-15-14-25(20-26(28)22-35-29-13-9-8-12-27(29)23(2)3)30(33)32-18-16-31(17-19-32)21-24-10-6-5-7-11-24/h5-15,20,23H,4,16-19,21-22H2,1-3H3. The van der Waals surface area contributed by atoms with Gasteiger partial charge in [-0.15, -0.1) is 0 Å². The van der Waals surface area contributed by atoms with Crippen molar-refractivity contribution in [2.75, 3.05) is 32.8 Å². The number of nitrogens with zero attached hydrogens (tertiary/aromatic N) is 2. The molecule has 0 aliphatic carbocycles. The van der Waals surface area contributed by atoms with E-state index >= 15 is 0 Å². The Morgan fingerprint density at radius 1 is 0.857 bits per heavy atom. The third-order valence-electron chi connectivity index (χ3n) is 6.44. The number of amides is 1. The quantitative estimate of drug-likeness (QED) is 0.398. The van der Waals surface area contributed by atoms with Gasteiger partial charge in [0.25, 0.3) is 5.91 Å². The first kappa shape index (κ1) is 24.8. The van der Waals surface area contributed by atoms with Crippen LogP contribution >= 0.6 is 0 Å². The van der Waals surface area contributed by atoms with Gasteiger partial charge >= 0.3 is 0 Å². The molecule has 0 bridgehead atoms. The highest BCUT2D eigenvalue weighted by Crippen LogP contribution is 2.29. The minimum absolute atomic E-state index is 0.0660. The third-order valence-corrected chi connectivity index (χ3v) is 6.44. The molecule has 184 valence electrons. The molecule has 3 aromatic carbocycles. The fraction of sp³-hybridized carbons (Fsp3) is 0.367. The zero-order valence-corrected chi connectivity index (χ0v) is 21.1. The second kappa shape index (κ2) is 11.9. The van der Waals surface area contributed by atoms with Crippen molar-refractivity contribution in [3.05, 3.63) is 95.1 Å². The molecule has 5 nitrogen and oxygen atoms in total. The molecule has 0 saturated carbocycles. The Morgan fingerprint density at radius 3 is 2.29 bits per heavy atom. The van der Waals surface area contributed by atoms with E-state index in [0.29, 0.717) is 24.7 Å². The van der Waals surface area contributed by atoms with E-state index in [1.807, 2.05) is 54.3 Å². The summed E-state index contributed by atoms with van der Waals surface area (Å²) in [6.07, 6.45) is 0. The lowest BCUT2D eigenvalue weighted by Gasteiger charge is -2.35. The minimum atomic E-state index is 0.0660. The summed E-state index contributed by atoms with van der Waals surface area (Å²) in [5.74, 6) is 2.07. The summed E-state index contributed by atoms with van der Waals surface area (Å²) >= 11 is 0. The molecule has 4 rings (SSSR count). The molecule has 0 aromatic heterocycles. The van der Waals surface area contributed by atoms with E-state index < -0.39 is 0 Å². The van der Waals surface area contributed by atoms with Crippen LogP contribution in [0.5, 0.6) is 11.5 Å². The van der Waals surface area contributed by atoms with Crippen LogP contribution in [0.2, 0.25) is 0 Å². The molecule has 0 spiro atoms. The second-order valence-corrected chi connectivity index (χ2v) is 9.29. The van der Waals surface area contributed by atoms with Crippen LogP contribution in [-0.4, -0.2) is 48.5 Å². The van der Waals surface area contributed by atoms with E-state index in [0.717, 1.165) is 49.8 Å². The van der Waals surface area contributed by atoms with Gasteiger partial charge in [0.2, 0.25) is 0 Å². The minimum Gasteiger partial charge on any atom is -0.493 e. The molecular formula is C30H36N2O3. The number of carbonyl (C=O) groups excluding carboxylic acids is 1. The third kappa shape index (κ3) is 6.43. The Labute approximate surface area is 209 Å². The van der Waals surface area contributed by atoms with Gasteiger partial charge in [-0.2, -0.15) is 0 Å². The monoisotopic (exact) mass is 472 g/mol. The number of carbonyl (C=O) groups is 1. The number of piperazine rings is 1. The van der Waals surface area contributed by atoms with Gasteiger partial charge in [-0.1, -0.05) is 62.4 Å². The predicted molar refractivity (Wildman–Crippen MR) is 140 cm³/mol. The summed E-state index contributed by atoms with van der Waals surface area (Å²) < 4.78 is 12.1. The average molecular weight is 473 g/mol. The summed E-state index contributed by atoms with van der Waals surface area (Å²) in [5, 5.41) is 0. The molecule has 0 atom stereocenters. The maximum atomic E-state index is 13.3. The normalized spacial score (nSPS) is 14.2. The van der Waals surface area contributed by atoms with Gasteiger partial charge in [0.05, 0.1) is 6.61 Å². The summed E-state index contributed by atoms with van der Waals surface area (Å²) in [7, 11) is 0. The van der Waals surface area contributed by atoms with E-state index in [1.54, 1.807) is 0 Å². The number of para-hydroxylation sites is 1. The highest BCUT2D eigenvalue weighted by molar-refractivity contribution is 5.94. The smallest absolute Gasteiger partial charge is 0.253 e. The van der Waals surface area contributed by atoms with Gasteiger partial charge in [-0.05, 0) is 48.2 Å². The molecule has 0 radical (unpaired) electrons. The molecule has 1 amide bonds. The number of benzene rings is 3. The Hall–Kier alpha value is -3.31. The summed E-state index contributed by atoms with van der Waals surface area (Å²) in [5.41, 5.74) is 4.05. The molecule has 5 heteroatoms. The average Bonchev–Trinajstić information content (AvgIpc) is 2.89. The largest absolute Gasteiger partial charge is 0.493 e. The second-order valence-electron chi connectivity index (χ2n) is 9.29. The molecule has 1 aliphatic heterocycles. The number of rotatable bonds is 9. The van der Waals surface area contributed by atoms with Crippen LogP contribution in [0.1, 0.15) is 53.7 Å². The van der Waals surface area contributed by atoms with E-state index in [-0.39, 0.29) is 5.91 Å². The van der Waals surface area contributed by atoms with E-state index in [2.05, 4.69) is 49.1 Å². The van der Waals surface area contributed by atoms with E-state index in [4.69, 9.17) is 9.47 Å². The molecule has 1 heterocycles. The van der Waals surface area contributed by atoms with Crippen molar-refractivity contribution in [2.24, 2.45) is 0 Å². The topological polar surface area (TPSA) is 42.0 Å². The summed E-state index contributed by atoms with van der Waals surface area (Å²) in [4.78, 5) is 17.7. The van der Waals surface area contributed by atoms with Crippen molar-refractivity contribution in [1.82, 2.24) is 9.80 Å². The zero-order chi connectivity index (χ0) is 24.6. The van der Waals surface area contributed by atoms with Gasteiger partial charge in [0.15, 0.2) is 0 Å². The Balaban J connectivity index is 1.42. The lowest BCUT2D eigenvalue weighted by molar-refractivity contribution is 0.0628. The highest BCUT2D eigenvalue weighted by atomic mass is 16.5. The molecule has 3 aromatic rings. The van der Waals surface area contributed by atoms with Crippen molar-refractivity contribution in [3.8, 4) is 11.5 Å². The van der Waals surface area contributed by atoms with Crippen LogP contribution < -0.4 is 9.47 Å². The lowest BCUT2D eigenvalue weighted by atomic mass is 10.0. The van der Waals surface area contributed by atoms with Crippen LogP contribution in [0, 0.1) is 0 Å². The summed E-state index contributed by atoms with van der Waals surface area (Å²) in [6.45, 7) is 11.3. The van der Waals surface area contributed by atoms with Gasteiger partial charge < -0.3 is 14.4 Å². The van der Waals surface area contributed by atoms with Crippen LogP contribution in [0.15, 0.2) is 72.8 Å². The molecule has 0 N–H and O–H groups in total. The van der Waals surface area contributed by atoms with Crippen LogP contribution in [0.25, 0.3) is 0 Å². The molecule has 0 unspecified atom stereocenters. The van der Waals surface area contributed by atoms with Crippen molar-refractivity contribution < 1.29 is 14.3 Å². The van der Waals surface area contributed by atoms with E-state index in [1.165, 1.54) is 11.1 Å². The van der Waals surface area contributed by atoms with Crippen molar-refractivity contribution >= 4 is 5.91 Å². The maximum absolute atomic E-state index is 13.3. The first-order valence-electron chi connectivity index (χ1n) is 12.6. The molecule has 1 saturated heterocycles. The van der Waals surface area contributed by atoms with Gasteiger partial charge in [-0.3, -0.25) is 9.69 Å². The van der Waals surface area contributed by atoms with Gasteiger partial charge in [0.1, 0.15) is 18.1 Å². The zero-order valence-electron chi connectivity index (χ0n) is 21.1.